The Morgan fingerprint density at radius 3 is 2.83 bits per heavy atom. The number of pyridine rings is 1. The molecule has 2 aromatic rings. The Bertz CT molecular complexity index is 881. The van der Waals surface area contributed by atoms with E-state index < -0.39 is 0 Å². The summed E-state index contributed by atoms with van der Waals surface area (Å²) in [7, 11) is 0. The average molecular weight is 406 g/mol. The zero-order chi connectivity index (χ0) is 20.8. The molecule has 1 amide bonds. The van der Waals surface area contributed by atoms with Crippen LogP contribution in [-0.2, 0) is 16.0 Å². The Balaban J connectivity index is 1.56. The van der Waals surface area contributed by atoms with Gasteiger partial charge in [0, 0.05) is 50.7 Å². The lowest BCUT2D eigenvalue weighted by molar-refractivity contribution is -0.134. The summed E-state index contributed by atoms with van der Waals surface area (Å²) >= 11 is 0. The Morgan fingerprint density at radius 2 is 2.07 bits per heavy atom. The third kappa shape index (κ3) is 4.97. The molecule has 0 unspecified atom stereocenters. The molecule has 1 aromatic carbocycles. The summed E-state index contributed by atoms with van der Waals surface area (Å²) in [5, 5.41) is 0. The predicted octanol–water partition coefficient (Wildman–Crippen LogP) is 3.42. The van der Waals surface area contributed by atoms with Gasteiger partial charge in [-0.15, -0.1) is 0 Å². The highest BCUT2D eigenvalue weighted by molar-refractivity contribution is 5.80. The number of benzene rings is 1. The molecule has 3 heterocycles. The van der Waals surface area contributed by atoms with Crippen LogP contribution in [0, 0.1) is 5.92 Å². The molecular formula is C25H31N3O2. The summed E-state index contributed by atoms with van der Waals surface area (Å²) in [6, 6.07) is 12.5. The fourth-order valence-electron chi connectivity index (χ4n) is 4.49. The van der Waals surface area contributed by atoms with Crippen molar-refractivity contribution in [3.8, 4) is 11.1 Å². The second kappa shape index (κ2) is 10.0. The van der Waals surface area contributed by atoms with Crippen LogP contribution >= 0.6 is 0 Å². The molecule has 0 saturated carbocycles. The largest absolute Gasteiger partial charge is 0.377 e. The molecule has 30 heavy (non-hydrogen) atoms. The van der Waals surface area contributed by atoms with E-state index in [2.05, 4.69) is 53.2 Å². The summed E-state index contributed by atoms with van der Waals surface area (Å²) in [6.07, 6.45) is 7.73. The number of rotatable bonds is 6. The minimum Gasteiger partial charge on any atom is -0.377 e. The van der Waals surface area contributed by atoms with Crippen molar-refractivity contribution >= 4 is 5.91 Å². The molecule has 4 rings (SSSR count). The van der Waals surface area contributed by atoms with Crippen LogP contribution in [-0.4, -0.2) is 66.6 Å². The van der Waals surface area contributed by atoms with Crippen molar-refractivity contribution in [3.63, 3.8) is 0 Å². The molecule has 1 saturated heterocycles. The van der Waals surface area contributed by atoms with Crippen molar-refractivity contribution in [2.45, 2.75) is 19.8 Å². The first kappa shape index (κ1) is 20.8. The molecule has 1 fully saturated rings. The van der Waals surface area contributed by atoms with E-state index in [-0.39, 0.29) is 11.8 Å². The van der Waals surface area contributed by atoms with Gasteiger partial charge in [0.1, 0.15) is 0 Å². The third-order valence-electron chi connectivity index (χ3n) is 6.07. The lowest BCUT2D eigenvalue weighted by Crippen LogP contribution is -2.37. The van der Waals surface area contributed by atoms with Gasteiger partial charge in [-0.05, 0) is 42.5 Å². The number of carbonyl (C=O) groups is 1. The van der Waals surface area contributed by atoms with Crippen LogP contribution in [0.3, 0.4) is 0 Å². The fourth-order valence-corrected chi connectivity index (χ4v) is 4.49. The minimum atomic E-state index is -0.0459. The van der Waals surface area contributed by atoms with Crippen LogP contribution in [0.5, 0.6) is 0 Å². The van der Waals surface area contributed by atoms with Crippen LogP contribution in [0.4, 0.5) is 0 Å². The topological polar surface area (TPSA) is 45.7 Å². The van der Waals surface area contributed by atoms with E-state index in [0.717, 1.165) is 64.3 Å². The smallest absolute Gasteiger partial charge is 0.227 e. The molecule has 0 spiro atoms. The Labute approximate surface area is 179 Å². The van der Waals surface area contributed by atoms with Gasteiger partial charge in [0.2, 0.25) is 5.91 Å². The van der Waals surface area contributed by atoms with Crippen LogP contribution in [0.1, 0.15) is 18.9 Å². The summed E-state index contributed by atoms with van der Waals surface area (Å²) in [5.74, 6) is 0.227. The van der Waals surface area contributed by atoms with Gasteiger partial charge in [0.05, 0.1) is 19.1 Å². The highest BCUT2D eigenvalue weighted by Gasteiger charge is 2.30. The Kier molecular flexibility index (Phi) is 6.92. The van der Waals surface area contributed by atoms with Gasteiger partial charge < -0.3 is 9.64 Å². The normalized spacial score (nSPS) is 20.7. The lowest BCUT2D eigenvalue weighted by Gasteiger charge is -2.26. The van der Waals surface area contributed by atoms with Crippen LogP contribution in [0.2, 0.25) is 0 Å². The molecule has 0 aliphatic carbocycles. The Morgan fingerprint density at radius 1 is 1.17 bits per heavy atom. The zero-order valence-corrected chi connectivity index (χ0v) is 17.8. The number of ether oxygens (including phenoxy) is 1. The highest BCUT2D eigenvalue weighted by atomic mass is 16.5. The maximum Gasteiger partial charge on any atom is 0.227 e. The van der Waals surface area contributed by atoms with Gasteiger partial charge in [-0.1, -0.05) is 36.4 Å². The van der Waals surface area contributed by atoms with Crippen molar-refractivity contribution in [3.05, 3.63) is 66.0 Å². The third-order valence-corrected chi connectivity index (χ3v) is 6.07. The number of amides is 1. The first-order chi connectivity index (χ1) is 14.7. The minimum absolute atomic E-state index is 0.0459. The monoisotopic (exact) mass is 405 g/mol. The van der Waals surface area contributed by atoms with Crippen molar-refractivity contribution in [2.24, 2.45) is 5.92 Å². The van der Waals surface area contributed by atoms with Gasteiger partial charge >= 0.3 is 0 Å². The molecule has 158 valence electrons. The van der Waals surface area contributed by atoms with Crippen molar-refractivity contribution in [1.82, 2.24) is 14.8 Å². The van der Waals surface area contributed by atoms with E-state index in [0.29, 0.717) is 0 Å². The summed E-state index contributed by atoms with van der Waals surface area (Å²) in [6.45, 7) is 7.77. The maximum atomic E-state index is 13.3. The fraction of sp³-hybridized carbons (Fsp3) is 0.440. The highest BCUT2D eigenvalue weighted by Crippen LogP contribution is 2.27. The average Bonchev–Trinajstić information content (AvgIpc) is 2.94. The molecule has 0 radical (unpaired) electrons. The predicted molar refractivity (Wildman–Crippen MR) is 119 cm³/mol. The summed E-state index contributed by atoms with van der Waals surface area (Å²) in [4.78, 5) is 22.0. The molecule has 0 bridgehead atoms. The van der Waals surface area contributed by atoms with E-state index in [1.54, 1.807) is 6.20 Å². The van der Waals surface area contributed by atoms with Crippen molar-refractivity contribution < 1.29 is 9.53 Å². The number of nitrogens with zero attached hydrogens (tertiary/aromatic N) is 3. The zero-order valence-electron chi connectivity index (χ0n) is 17.8. The molecule has 1 atom stereocenters. The second-order valence-corrected chi connectivity index (χ2v) is 8.16. The number of aromatic nitrogens is 1. The molecular weight excluding hydrogens is 374 g/mol. The first-order valence-electron chi connectivity index (χ1n) is 11.0. The van der Waals surface area contributed by atoms with Gasteiger partial charge in [-0.3, -0.25) is 14.7 Å². The quantitative estimate of drug-likeness (QED) is 0.691. The number of likely N-dealkylation sites (N-methyl/N-ethyl adjacent to an activating group) is 1. The molecule has 5 heteroatoms. The van der Waals surface area contributed by atoms with Gasteiger partial charge in [0.25, 0.3) is 0 Å². The van der Waals surface area contributed by atoms with Crippen molar-refractivity contribution in [2.75, 3.05) is 45.9 Å². The molecule has 2 aliphatic rings. The van der Waals surface area contributed by atoms with Crippen LogP contribution < -0.4 is 0 Å². The summed E-state index contributed by atoms with van der Waals surface area (Å²) < 4.78 is 5.63. The van der Waals surface area contributed by atoms with Gasteiger partial charge in [0.15, 0.2) is 0 Å². The Hall–Kier alpha value is -2.50. The van der Waals surface area contributed by atoms with Crippen LogP contribution in [0.25, 0.3) is 11.1 Å². The number of hydrogen-bond donors (Lipinski definition) is 0. The van der Waals surface area contributed by atoms with Gasteiger partial charge in [-0.25, -0.2) is 0 Å². The van der Waals surface area contributed by atoms with E-state index in [4.69, 9.17) is 4.74 Å². The SMILES string of the molecule is CCN1CCN(CC2=CCCOC2)C[C@@H](Cc2ccccc2-c2cccnc2)C1=O. The maximum absolute atomic E-state index is 13.3. The molecule has 2 aliphatic heterocycles. The van der Waals surface area contributed by atoms with Gasteiger partial charge in [-0.2, -0.15) is 0 Å². The van der Waals surface area contributed by atoms with Crippen LogP contribution in [0.15, 0.2) is 60.4 Å². The molecule has 0 N–H and O–H groups in total. The molecule has 1 aromatic heterocycles. The standard InChI is InChI=1S/C25H31N3O2/c1-2-28-13-12-27(17-20-7-6-14-30-19-20)18-23(25(28)29)15-21-8-3-4-10-24(21)22-9-5-11-26-16-22/h3-5,7-11,16,23H,2,6,12-15,17-19H2,1H3/t23-/m1/s1. The van der Waals surface area contributed by atoms with Crippen molar-refractivity contribution in [1.29, 1.82) is 0 Å². The van der Waals surface area contributed by atoms with E-state index >= 15 is 0 Å². The summed E-state index contributed by atoms with van der Waals surface area (Å²) in [5.41, 5.74) is 4.82. The number of carbonyl (C=O) groups excluding carboxylic acids is 1. The van der Waals surface area contributed by atoms with E-state index in [9.17, 15) is 4.79 Å². The molecule has 5 nitrogen and oxygen atoms in total. The van der Waals surface area contributed by atoms with E-state index in [1.807, 2.05) is 17.2 Å². The number of hydrogen-bond acceptors (Lipinski definition) is 4. The second-order valence-electron chi connectivity index (χ2n) is 8.16. The first-order valence-corrected chi connectivity index (χ1v) is 11.0. The lowest BCUT2D eigenvalue weighted by atomic mass is 9.91. The van der Waals surface area contributed by atoms with E-state index in [1.165, 1.54) is 16.7 Å².